The van der Waals surface area contributed by atoms with E-state index in [1.807, 2.05) is 60.8 Å². The molecule has 3 nitrogen and oxygen atoms in total. The van der Waals surface area contributed by atoms with Gasteiger partial charge in [0.1, 0.15) is 6.04 Å². The third-order valence-corrected chi connectivity index (χ3v) is 4.13. The standard InChI is InChI=1S/C18H21ClN2O/c1-13-7-3-4-8-15(13)11-21-18(22)12-20-14(2)16-9-5-6-10-17(16)19/h3-10,14,20H,11-12H2,1-2H3,(H,21,22)/p+1/t14-/m0/s1. The van der Waals surface area contributed by atoms with Gasteiger partial charge in [-0.2, -0.15) is 0 Å². The molecule has 0 radical (unpaired) electrons. The van der Waals surface area contributed by atoms with Crippen molar-refractivity contribution in [1.82, 2.24) is 5.32 Å². The Morgan fingerprint density at radius 1 is 1.18 bits per heavy atom. The first-order valence-corrected chi connectivity index (χ1v) is 7.84. The molecule has 0 aliphatic carbocycles. The molecule has 4 heteroatoms. The Balaban J connectivity index is 1.81. The normalized spacial score (nSPS) is 12.0. The lowest BCUT2D eigenvalue weighted by Gasteiger charge is -2.13. The van der Waals surface area contributed by atoms with Crippen LogP contribution in [-0.4, -0.2) is 12.5 Å². The van der Waals surface area contributed by atoms with Crippen molar-refractivity contribution in [2.24, 2.45) is 0 Å². The molecule has 2 aromatic rings. The third-order valence-electron chi connectivity index (χ3n) is 3.79. The number of aryl methyl sites for hydroxylation is 1. The van der Waals surface area contributed by atoms with Crippen LogP contribution in [0.2, 0.25) is 5.02 Å². The number of quaternary nitrogens is 1. The van der Waals surface area contributed by atoms with Crippen molar-refractivity contribution in [3.8, 4) is 0 Å². The van der Waals surface area contributed by atoms with Gasteiger partial charge in [0.25, 0.3) is 5.91 Å². The molecule has 3 N–H and O–H groups in total. The highest BCUT2D eigenvalue weighted by Gasteiger charge is 2.13. The van der Waals surface area contributed by atoms with Gasteiger partial charge >= 0.3 is 0 Å². The van der Waals surface area contributed by atoms with Gasteiger partial charge in [-0.05, 0) is 31.0 Å². The highest BCUT2D eigenvalue weighted by atomic mass is 35.5. The molecule has 0 heterocycles. The van der Waals surface area contributed by atoms with Crippen LogP contribution in [0, 0.1) is 6.92 Å². The summed E-state index contributed by atoms with van der Waals surface area (Å²) < 4.78 is 0. The Hall–Kier alpha value is -1.84. The van der Waals surface area contributed by atoms with E-state index in [2.05, 4.69) is 12.2 Å². The quantitative estimate of drug-likeness (QED) is 0.845. The fourth-order valence-electron chi connectivity index (χ4n) is 2.33. The number of hydrogen-bond donors (Lipinski definition) is 2. The van der Waals surface area contributed by atoms with Gasteiger partial charge in [-0.3, -0.25) is 4.79 Å². The molecule has 2 aromatic carbocycles. The summed E-state index contributed by atoms with van der Waals surface area (Å²) in [6, 6.07) is 16.0. The van der Waals surface area contributed by atoms with Crippen LogP contribution in [0.4, 0.5) is 0 Å². The minimum atomic E-state index is 0.0298. The molecule has 1 amide bonds. The van der Waals surface area contributed by atoms with Crippen LogP contribution in [0.1, 0.15) is 29.7 Å². The summed E-state index contributed by atoms with van der Waals surface area (Å²) in [5, 5.41) is 5.69. The SMILES string of the molecule is Cc1ccccc1CNC(=O)C[NH2+][C@@H](C)c1ccccc1Cl. The highest BCUT2D eigenvalue weighted by molar-refractivity contribution is 6.31. The molecule has 0 unspecified atom stereocenters. The van der Waals surface area contributed by atoms with Gasteiger partial charge in [0.2, 0.25) is 0 Å². The first-order valence-electron chi connectivity index (χ1n) is 7.47. The van der Waals surface area contributed by atoms with E-state index < -0.39 is 0 Å². The van der Waals surface area contributed by atoms with E-state index in [9.17, 15) is 4.79 Å². The molecule has 22 heavy (non-hydrogen) atoms. The van der Waals surface area contributed by atoms with Crippen molar-refractivity contribution in [3.63, 3.8) is 0 Å². The average molecular weight is 318 g/mol. The van der Waals surface area contributed by atoms with Crippen molar-refractivity contribution in [1.29, 1.82) is 0 Å². The summed E-state index contributed by atoms with van der Waals surface area (Å²) in [5.74, 6) is 0.0298. The topological polar surface area (TPSA) is 45.7 Å². The van der Waals surface area contributed by atoms with Crippen molar-refractivity contribution >= 4 is 17.5 Å². The van der Waals surface area contributed by atoms with E-state index in [0.29, 0.717) is 13.1 Å². The molecular weight excluding hydrogens is 296 g/mol. The van der Waals surface area contributed by atoms with Crippen LogP contribution in [0.3, 0.4) is 0 Å². The summed E-state index contributed by atoms with van der Waals surface area (Å²) >= 11 is 6.17. The smallest absolute Gasteiger partial charge is 0.275 e. The van der Waals surface area contributed by atoms with Crippen LogP contribution < -0.4 is 10.6 Å². The van der Waals surface area contributed by atoms with Crippen molar-refractivity contribution in [2.45, 2.75) is 26.4 Å². The molecule has 1 atom stereocenters. The minimum Gasteiger partial charge on any atom is -0.347 e. The van der Waals surface area contributed by atoms with Crippen LogP contribution in [0.15, 0.2) is 48.5 Å². The highest BCUT2D eigenvalue weighted by Crippen LogP contribution is 2.19. The van der Waals surface area contributed by atoms with E-state index in [1.165, 1.54) is 5.56 Å². The van der Waals surface area contributed by atoms with Gasteiger partial charge in [-0.1, -0.05) is 54.1 Å². The van der Waals surface area contributed by atoms with E-state index >= 15 is 0 Å². The average Bonchev–Trinajstić information content (AvgIpc) is 2.52. The van der Waals surface area contributed by atoms with E-state index in [-0.39, 0.29) is 11.9 Å². The molecule has 0 fully saturated rings. The van der Waals surface area contributed by atoms with Crippen molar-refractivity contribution in [3.05, 3.63) is 70.2 Å². The Kier molecular flexibility index (Phi) is 5.99. The van der Waals surface area contributed by atoms with Crippen molar-refractivity contribution in [2.75, 3.05) is 6.54 Å². The summed E-state index contributed by atoms with van der Waals surface area (Å²) in [7, 11) is 0. The summed E-state index contributed by atoms with van der Waals surface area (Å²) in [5.41, 5.74) is 3.39. The van der Waals surface area contributed by atoms with Gasteiger partial charge in [-0.25, -0.2) is 0 Å². The van der Waals surface area contributed by atoms with Crippen LogP contribution in [0.5, 0.6) is 0 Å². The number of halogens is 1. The first-order chi connectivity index (χ1) is 10.6. The second-order valence-corrected chi connectivity index (χ2v) is 5.86. The third kappa shape index (κ3) is 4.58. The number of rotatable bonds is 6. The maximum absolute atomic E-state index is 12.0. The zero-order valence-electron chi connectivity index (χ0n) is 13.0. The Bertz CT molecular complexity index is 642. The minimum absolute atomic E-state index is 0.0298. The van der Waals surface area contributed by atoms with E-state index in [1.54, 1.807) is 0 Å². The summed E-state index contributed by atoms with van der Waals surface area (Å²) in [6.45, 7) is 5.06. The molecule has 0 spiro atoms. The van der Waals surface area contributed by atoms with E-state index in [0.717, 1.165) is 16.1 Å². The molecule has 0 aliphatic heterocycles. The Morgan fingerprint density at radius 3 is 2.59 bits per heavy atom. The molecular formula is C18H22ClN2O+. The largest absolute Gasteiger partial charge is 0.347 e. The number of amides is 1. The molecule has 0 bridgehead atoms. The van der Waals surface area contributed by atoms with E-state index in [4.69, 9.17) is 11.6 Å². The van der Waals surface area contributed by atoms with Gasteiger partial charge in [0.15, 0.2) is 6.54 Å². The Labute approximate surface area is 136 Å². The zero-order chi connectivity index (χ0) is 15.9. The lowest BCUT2D eigenvalue weighted by atomic mass is 10.1. The number of nitrogens with one attached hydrogen (secondary N) is 1. The molecule has 0 aromatic heterocycles. The maximum Gasteiger partial charge on any atom is 0.275 e. The number of nitrogens with two attached hydrogens (primary N) is 1. The lowest BCUT2D eigenvalue weighted by Crippen LogP contribution is -2.87. The van der Waals surface area contributed by atoms with Crippen molar-refractivity contribution < 1.29 is 10.1 Å². The predicted molar refractivity (Wildman–Crippen MR) is 89.7 cm³/mol. The first kappa shape index (κ1) is 16.5. The molecule has 116 valence electrons. The number of carbonyl (C=O) groups excluding carboxylic acids is 1. The summed E-state index contributed by atoms with van der Waals surface area (Å²) in [4.78, 5) is 12.0. The zero-order valence-corrected chi connectivity index (χ0v) is 13.7. The Morgan fingerprint density at radius 2 is 1.86 bits per heavy atom. The summed E-state index contributed by atoms with van der Waals surface area (Å²) in [6.07, 6.45) is 0. The fourth-order valence-corrected chi connectivity index (χ4v) is 2.64. The number of benzene rings is 2. The molecule has 0 aliphatic rings. The van der Waals surface area contributed by atoms with Gasteiger partial charge in [0, 0.05) is 17.1 Å². The van der Waals surface area contributed by atoms with Gasteiger partial charge in [0.05, 0.1) is 0 Å². The lowest BCUT2D eigenvalue weighted by molar-refractivity contribution is -0.682. The van der Waals surface area contributed by atoms with Crippen LogP contribution in [-0.2, 0) is 11.3 Å². The fraction of sp³-hybridized carbons (Fsp3) is 0.278. The number of hydrogen-bond acceptors (Lipinski definition) is 1. The van der Waals surface area contributed by atoms with Crippen LogP contribution in [0.25, 0.3) is 0 Å². The number of carbonyl (C=O) groups is 1. The van der Waals surface area contributed by atoms with Gasteiger partial charge < -0.3 is 10.6 Å². The second kappa shape index (κ2) is 7.97. The van der Waals surface area contributed by atoms with Gasteiger partial charge in [-0.15, -0.1) is 0 Å². The molecule has 0 saturated carbocycles. The monoisotopic (exact) mass is 317 g/mol. The molecule has 2 rings (SSSR count). The predicted octanol–water partition coefficient (Wildman–Crippen LogP) is 2.59. The maximum atomic E-state index is 12.0. The second-order valence-electron chi connectivity index (χ2n) is 5.45. The van der Waals surface area contributed by atoms with Crippen LogP contribution >= 0.6 is 11.6 Å². The molecule has 0 saturated heterocycles.